The van der Waals surface area contributed by atoms with Crippen molar-refractivity contribution >= 4 is 12.8 Å². The van der Waals surface area contributed by atoms with Crippen molar-refractivity contribution in [2.75, 3.05) is 13.1 Å². The summed E-state index contributed by atoms with van der Waals surface area (Å²) in [4.78, 5) is 20.3. The Morgan fingerprint density at radius 3 is 2.27 bits per heavy atom. The Bertz CT molecular complexity index is 142. The third-order valence-electron chi connectivity index (χ3n) is 1.83. The van der Waals surface area contributed by atoms with Crippen molar-refractivity contribution in [2.45, 2.75) is 12.1 Å². The van der Waals surface area contributed by atoms with Crippen LogP contribution in [0.2, 0.25) is 0 Å². The first-order valence-electron chi connectivity index (χ1n) is 3.46. The molecule has 1 saturated heterocycles. The number of amides is 2. The summed E-state index contributed by atoms with van der Waals surface area (Å²) in [6.07, 6.45) is 1.93. The molecule has 2 amide bonds. The molecule has 1 fully saturated rings. The van der Waals surface area contributed by atoms with E-state index in [0.717, 1.165) is 13.0 Å². The zero-order valence-electron chi connectivity index (χ0n) is 6.09. The van der Waals surface area contributed by atoms with Gasteiger partial charge in [0, 0.05) is 13.0 Å². The lowest BCUT2D eigenvalue weighted by Crippen LogP contribution is -2.57. The topological polar surface area (TPSA) is 70.2 Å². The van der Waals surface area contributed by atoms with Crippen LogP contribution in [0.15, 0.2) is 0 Å². The van der Waals surface area contributed by atoms with Gasteiger partial charge in [0.2, 0.25) is 12.8 Å². The van der Waals surface area contributed by atoms with Gasteiger partial charge in [0.1, 0.15) is 5.66 Å². The molecule has 1 rings (SSSR count). The quantitative estimate of drug-likeness (QED) is 0.332. The number of rotatable bonds is 4. The van der Waals surface area contributed by atoms with Crippen LogP contribution in [0, 0.1) is 0 Å². The van der Waals surface area contributed by atoms with Gasteiger partial charge in [0.05, 0.1) is 0 Å². The van der Waals surface area contributed by atoms with Crippen molar-refractivity contribution in [1.82, 2.24) is 16.0 Å². The fourth-order valence-electron chi connectivity index (χ4n) is 1.21. The van der Waals surface area contributed by atoms with Gasteiger partial charge in [-0.3, -0.25) is 9.59 Å². The SMILES string of the molecule is O=CNC1(NC=O)CCNC1. The van der Waals surface area contributed by atoms with Crippen LogP contribution in [0.4, 0.5) is 0 Å². The lowest BCUT2D eigenvalue weighted by molar-refractivity contribution is -0.114. The molecule has 3 N–H and O–H groups in total. The van der Waals surface area contributed by atoms with Crippen LogP contribution < -0.4 is 16.0 Å². The van der Waals surface area contributed by atoms with E-state index >= 15 is 0 Å². The smallest absolute Gasteiger partial charge is 0.208 e. The average Bonchev–Trinajstić information content (AvgIpc) is 2.39. The van der Waals surface area contributed by atoms with Gasteiger partial charge in [-0.2, -0.15) is 0 Å². The van der Waals surface area contributed by atoms with Crippen LogP contribution in [0.1, 0.15) is 6.42 Å². The molecular weight excluding hydrogens is 146 g/mol. The number of carbonyl (C=O) groups is 2. The Labute approximate surface area is 64.5 Å². The van der Waals surface area contributed by atoms with Gasteiger partial charge < -0.3 is 16.0 Å². The van der Waals surface area contributed by atoms with E-state index in [1.807, 2.05) is 0 Å². The van der Waals surface area contributed by atoms with Crippen LogP contribution >= 0.6 is 0 Å². The van der Waals surface area contributed by atoms with Crippen LogP contribution in [0.5, 0.6) is 0 Å². The summed E-state index contributed by atoms with van der Waals surface area (Å²) in [7, 11) is 0. The van der Waals surface area contributed by atoms with Crippen LogP contribution in [0.3, 0.4) is 0 Å². The molecule has 0 aliphatic carbocycles. The van der Waals surface area contributed by atoms with Crippen molar-refractivity contribution in [3.8, 4) is 0 Å². The molecule has 0 radical (unpaired) electrons. The third-order valence-corrected chi connectivity index (χ3v) is 1.83. The zero-order chi connectivity index (χ0) is 8.16. The molecule has 0 unspecified atom stereocenters. The highest BCUT2D eigenvalue weighted by atomic mass is 16.1. The monoisotopic (exact) mass is 157 g/mol. The highest BCUT2D eigenvalue weighted by molar-refractivity contribution is 5.53. The molecule has 1 heterocycles. The van der Waals surface area contributed by atoms with Crippen molar-refractivity contribution in [3.63, 3.8) is 0 Å². The van der Waals surface area contributed by atoms with E-state index in [9.17, 15) is 9.59 Å². The predicted molar refractivity (Wildman–Crippen MR) is 38.6 cm³/mol. The van der Waals surface area contributed by atoms with E-state index in [2.05, 4.69) is 16.0 Å². The molecule has 0 aromatic rings. The molecule has 0 bridgehead atoms. The number of carbonyl (C=O) groups excluding carboxylic acids is 2. The van der Waals surface area contributed by atoms with Gasteiger partial charge in [0.15, 0.2) is 0 Å². The summed E-state index contributed by atoms with van der Waals surface area (Å²) >= 11 is 0. The van der Waals surface area contributed by atoms with Crippen LogP contribution in [-0.4, -0.2) is 31.6 Å². The maximum atomic E-state index is 10.1. The average molecular weight is 157 g/mol. The molecule has 0 spiro atoms. The van der Waals surface area contributed by atoms with E-state index < -0.39 is 5.66 Å². The predicted octanol–water partition coefficient (Wildman–Crippen LogP) is -1.83. The molecule has 62 valence electrons. The minimum atomic E-state index is -0.552. The largest absolute Gasteiger partial charge is 0.335 e. The molecular formula is C6H11N3O2. The normalized spacial score (nSPS) is 20.7. The summed E-state index contributed by atoms with van der Waals surface area (Å²) in [6.45, 7) is 1.40. The summed E-state index contributed by atoms with van der Waals surface area (Å²) in [6, 6.07) is 0. The lowest BCUT2D eigenvalue weighted by atomic mass is 10.1. The van der Waals surface area contributed by atoms with Gasteiger partial charge in [-0.1, -0.05) is 0 Å². The fraction of sp³-hybridized carbons (Fsp3) is 0.667. The van der Waals surface area contributed by atoms with E-state index in [1.165, 1.54) is 0 Å². The van der Waals surface area contributed by atoms with Gasteiger partial charge in [-0.05, 0) is 6.54 Å². The first-order valence-corrected chi connectivity index (χ1v) is 3.46. The van der Waals surface area contributed by atoms with Crippen LogP contribution in [-0.2, 0) is 9.59 Å². The molecule has 0 saturated carbocycles. The summed E-state index contributed by atoms with van der Waals surface area (Å²) in [5.41, 5.74) is -0.552. The first-order chi connectivity index (χ1) is 5.33. The highest BCUT2D eigenvalue weighted by Crippen LogP contribution is 2.08. The van der Waals surface area contributed by atoms with Gasteiger partial charge in [0.25, 0.3) is 0 Å². The minimum absolute atomic E-state index is 0.552. The van der Waals surface area contributed by atoms with Gasteiger partial charge >= 0.3 is 0 Å². The summed E-state index contributed by atoms with van der Waals surface area (Å²) in [5.74, 6) is 0. The summed E-state index contributed by atoms with van der Waals surface area (Å²) in [5, 5.41) is 8.19. The Morgan fingerprint density at radius 1 is 1.27 bits per heavy atom. The van der Waals surface area contributed by atoms with E-state index in [1.54, 1.807) is 0 Å². The molecule has 0 atom stereocenters. The minimum Gasteiger partial charge on any atom is -0.335 e. The second-order valence-corrected chi connectivity index (χ2v) is 2.53. The van der Waals surface area contributed by atoms with E-state index in [-0.39, 0.29) is 0 Å². The molecule has 11 heavy (non-hydrogen) atoms. The fourth-order valence-corrected chi connectivity index (χ4v) is 1.21. The van der Waals surface area contributed by atoms with Crippen molar-refractivity contribution < 1.29 is 9.59 Å². The molecule has 0 aromatic heterocycles. The van der Waals surface area contributed by atoms with Gasteiger partial charge in [-0.25, -0.2) is 0 Å². The van der Waals surface area contributed by atoms with Crippen LogP contribution in [0.25, 0.3) is 0 Å². The number of nitrogens with one attached hydrogen (secondary N) is 3. The van der Waals surface area contributed by atoms with Crippen molar-refractivity contribution in [3.05, 3.63) is 0 Å². The Morgan fingerprint density at radius 2 is 1.91 bits per heavy atom. The first kappa shape index (κ1) is 8.00. The van der Waals surface area contributed by atoms with E-state index in [4.69, 9.17) is 0 Å². The van der Waals surface area contributed by atoms with E-state index in [0.29, 0.717) is 19.4 Å². The summed E-state index contributed by atoms with van der Waals surface area (Å²) < 4.78 is 0. The standard InChI is InChI=1S/C6H11N3O2/c10-4-8-6(9-5-11)1-2-7-3-6/h4-5,7H,1-3H2,(H,8,10)(H,9,11). The second kappa shape index (κ2) is 3.34. The molecule has 5 heteroatoms. The van der Waals surface area contributed by atoms with Crippen molar-refractivity contribution in [2.24, 2.45) is 0 Å². The third kappa shape index (κ3) is 1.68. The number of hydrogen-bond donors (Lipinski definition) is 3. The maximum absolute atomic E-state index is 10.1. The van der Waals surface area contributed by atoms with Gasteiger partial charge in [-0.15, -0.1) is 0 Å². The molecule has 1 aliphatic heterocycles. The lowest BCUT2D eigenvalue weighted by Gasteiger charge is -2.26. The highest BCUT2D eigenvalue weighted by Gasteiger charge is 2.32. The molecule has 1 aliphatic rings. The zero-order valence-corrected chi connectivity index (χ0v) is 6.09. The maximum Gasteiger partial charge on any atom is 0.208 e. The molecule has 0 aromatic carbocycles. The Balaban J connectivity index is 2.53. The second-order valence-electron chi connectivity index (χ2n) is 2.53. The molecule has 5 nitrogen and oxygen atoms in total. The van der Waals surface area contributed by atoms with Crippen molar-refractivity contribution in [1.29, 1.82) is 0 Å². The Kier molecular flexibility index (Phi) is 2.43. The number of hydrogen-bond acceptors (Lipinski definition) is 3. The Hall–Kier alpha value is -1.10.